The molecule has 1 aromatic carbocycles. The van der Waals surface area contributed by atoms with Crippen molar-refractivity contribution < 1.29 is 18.3 Å². The molecule has 0 atom stereocenters. The number of hydrogen-bond donors (Lipinski definition) is 0. The predicted octanol–water partition coefficient (Wildman–Crippen LogP) is 3.93. The van der Waals surface area contributed by atoms with Crippen molar-refractivity contribution in [2.75, 3.05) is 20.3 Å². The first kappa shape index (κ1) is 15.0. The van der Waals surface area contributed by atoms with Gasteiger partial charge in [-0.15, -0.1) is 0 Å². The Kier molecular flexibility index (Phi) is 6.13. The fraction of sp³-hybridized carbons (Fsp3) is 0.385. The first-order valence-corrected chi connectivity index (χ1v) is 7.47. The summed E-state index contributed by atoms with van der Waals surface area (Å²) >= 11 is 0. The van der Waals surface area contributed by atoms with Crippen LogP contribution in [0.1, 0.15) is 19.4 Å². The molecular formula is C13H19O4P. The third-order valence-electron chi connectivity index (χ3n) is 2.18. The van der Waals surface area contributed by atoms with Crippen LogP contribution in [0.25, 0.3) is 6.08 Å². The smallest absolute Gasteiger partial charge is 0.354 e. The topological polar surface area (TPSA) is 44.8 Å². The fourth-order valence-electron chi connectivity index (χ4n) is 1.38. The van der Waals surface area contributed by atoms with E-state index in [1.54, 1.807) is 27.0 Å². The summed E-state index contributed by atoms with van der Waals surface area (Å²) in [5.41, 5.74) is 0.912. The fourth-order valence-corrected chi connectivity index (χ4v) is 2.70. The Morgan fingerprint density at radius 3 is 2.11 bits per heavy atom. The van der Waals surface area contributed by atoms with Crippen LogP contribution in [0.3, 0.4) is 0 Å². The highest BCUT2D eigenvalue weighted by atomic mass is 31.2. The molecule has 0 aliphatic rings. The van der Waals surface area contributed by atoms with E-state index in [4.69, 9.17) is 13.8 Å². The molecule has 0 radical (unpaired) electrons. The molecule has 0 spiro atoms. The van der Waals surface area contributed by atoms with Crippen molar-refractivity contribution in [2.24, 2.45) is 0 Å². The van der Waals surface area contributed by atoms with Crippen LogP contribution in [0, 0.1) is 0 Å². The molecule has 4 nitrogen and oxygen atoms in total. The number of hydrogen-bond acceptors (Lipinski definition) is 4. The Balaban J connectivity index is 2.78. The molecule has 0 bridgehead atoms. The average molecular weight is 270 g/mol. The molecule has 0 unspecified atom stereocenters. The molecule has 5 heteroatoms. The maximum absolute atomic E-state index is 12.2. The Morgan fingerprint density at radius 1 is 1.11 bits per heavy atom. The van der Waals surface area contributed by atoms with Crippen LogP contribution < -0.4 is 4.74 Å². The predicted molar refractivity (Wildman–Crippen MR) is 72.9 cm³/mol. The molecule has 1 rings (SSSR count). The molecule has 0 aliphatic carbocycles. The molecule has 0 heterocycles. The van der Waals surface area contributed by atoms with Crippen LogP contribution in [0.15, 0.2) is 30.1 Å². The van der Waals surface area contributed by atoms with Gasteiger partial charge in [-0.3, -0.25) is 4.57 Å². The lowest BCUT2D eigenvalue weighted by atomic mass is 10.2. The van der Waals surface area contributed by atoms with Gasteiger partial charge in [-0.05, 0) is 37.6 Å². The van der Waals surface area contributed by atoms with Gasteiger partial charge in [0.05, 0.1) is 20.3 Å². The monoisotopic (exact) mass is 270 g/mol. The molecule has 0 N–H and O–H groups in total. The van der Waals surface area contributed by atoms with Crippen molar-refractivity contribution in [1.29, 1.82) is 0 Å². The molecule has 1 aromatic rings. The van der Waals surface area contributed by atoms with Crippen LogP contribution in [0.5, 0.6) is 5.75 Å². The number of ether oxygens (including phenoxy) is 1. The molecule has 0 saturated carbocycles. The summed E-state index contributed by atoms with van der Waals surface area (Å²) < 4.78 is 27.5. The lowest BCUT2D eigenvalue weighted by molar-refractivity contribution is 0.229. The first-order valence-electron chi connectivity index (χ1n) is 5.85. The summed E-state index contributed by atoms with van der Waals surface area (Å²) in [5.74, 6) is 2.27. The van der Waals surface area contributed by atoms with E-state index in [2.05, 4.69) is 0 Å². The third kappa shape index (κ3) is 4.65. The maximum Gasteiger partial charge on any atom is 0.354 e. The van der Waals surface area contributed by atoms with Gasteiger partial charge in [-0.25, -0.2) is 0 Å². The molecule has 0 aliphatic heterocycles. The molecular weight excluding hydrogens is 251 g/mol. The minimum atomic E-state index is -3.12. The second kappa shape index (κ2) is 7.37. The summed E-state index contributed by atoms with van der Waals surface area (Å²) in [4.78, 5) is 0. The highest BCUT2D eigenvalue weighted by molar-refractivity contribution is 7.57. The Labute approximate surface area is 108 Å². The van der Waals surface area contributed by atoms with E-state index in [1.807, 2.05) is 24.3 Å². The summed E-state index contributed by atoms with van der Waals surface area (Å²) in [5, 5.41) is 0. The largest absolute Gasteiger partial charge is 0.497 e. The van der Waals surface area contributed by atoms with Crippen molar-refractivity contribution in [3.05, 3.63) is 35.6 Å². The van der Waals surface area contributed by atoms with Crippen LogP contribution in [0.2, 0.25) is 0 Å². The molecule has 0 aromatic heterocycles. The highest BCUT2D eigenvalue weighted by Gasteiger charge is 2.18. The van der Waals surface area contributed by atoms with Crippen molar-refractivity contribution in [1.82, 2.24) is 0 Å². The van der Waals surface area contributed by atoms with Crippen LogP contribution in [-0.4, -0.2) is 20.3 Å². The van der Waals surface area contributed by atoms with Gasteiger partial charge in [-0.1, -0.05) is 12.1 Å². The standard InChI is InChI=1S/C13H19O4P/c1-4-16-18(14,17-5-2)11-10-12-6-8-13(15-3)9-7-12/h6-11H,4-5H2,1-3H3. The van der Waals surface area contributed by atoms with Gasteiger partial charge in [0.1, 0.15) is 5.75 Å². The van der Waals surface area contributed by atoms with E-state index in [1.165, 1.54) is 5.82 Å². The average Bonchev–Trinajstić information content (AvgIpc) is 2.38. The maximum atomic E-state index is 12.2. The second-order valence-corrected chi connectivity index (χ2v) is 5.36. The summed E-state index contributed by atoms with van der Waals surface area (Å²) in [7, 11) is -1.50. The number of rotatable bonds is 7. The Morgan fingerprint density at radius 2 is 1.67 bits per heavy atom. The minimum Gasteiger partial charge on any atom is -0.497 e. The van der Waals surface area contributed by atoms with Gasteiger partial charge < -0.3 is 13.8 Å². The van der Waals surface area contributed by atoms with Crippen LogP contribution >= 0.6 is 7.60 Å². The molecule has 100 valence electrons. The summed E-state index contributed by atoms with van der Waals surface area (Å²) in [6, 6.07) is 7.42. The van der Waals surface area contributed by atoms with Gasteiger partial charge in [0.15, 0.2) is 0 Å². The van der Waals surface area contributed by atoms with E-state index < -0.39 is 7.60 Å². The van der Waals surface area contributed by atoms with E-state index in [9.17, 15) is 4.57 Å². The van der Waals surface area contributed by atoms with Gasteiger partial charge in [0.25, 0.3) is 0 Å². The molecule has 0 fully saturated rings. The van der Waals surface area contributed by atoms with E-state index in [0.29, 0.717) is 13.2 Å². The van der Waals surface area contributed by atoms with Gasteiger partial charge in [0.2, 0.25) is 0 Å². The SMILES string of the molecule is CCOP(=O)(C=Cc1ccc(OC)cc1)OCC. The minimum absolute atomic E-state index is 0.351. The zero-order valence-corrected chi connectivity index (χ0v) is 11.9. The first-order chi connectivity index (χ1) is 8.63. The van der Waals surface area contributed by atoms with Crippen LogP contribution in [0.4, 0.5) is 0 Å². The van der Waals surface area contributed by atoms with E-state index in [0.717, 1.165) is 11.3 Å². The highest BCUT2D eigenvalue weighted by Crippen LogP contribution is 2.50. The van der Waals surface area contributed by atoms with Crippen molar-refractivity contribution in [3.8, 4) is 5.75 Å². The normalized spacial score (nSPS) is 11.9. The van der Waals surface area contributed by atoms with Gasteiger partial charge >= 0.3 is 7.60 Å². The van der Waals surface area contributed by atoms with Crippen molar-refractivity contribution in [3.63, 3.8) is 0 Å². The Hall–Kier alpha value is -1.09. The van der Waals surface area contributed by atoms with Crippen molar-refractivity contribution >= 4 is 13.7 Å². The number of benzene rings is 1. The van der Waals surface area contributed by atoms with Crippen LogP contribution in [-0.2, 0) is 13.6 Å². The lowest BCUT2D eigenvalue weighted by Gasteiger charge is -2.12. The van der Waals surface area contributed by atoms with Gasteiger partial charge in [-0.2, -0.15) is 0 Å². The van der Waals surface area contributed by atoms with E-state index in [-0.39, 0.29) is 0 Å². The lowest BCUT2D eigenvalue weighted by Crippen LogP contribution is -1.92. The Bertz CT molecular complexity index is 415. The number of methoxy groups -OCH3 is 1. The van der Waals surface area contributed by atoms with Gasteiger partial charge in [0, 0.05) is 5.82 Å². The molecule has 0 saturated heterocycles. The zero-order chi connectivity index (χ0) is 13.4. The quantitative estimate of drug-likeness (QED) is 0.704. The summed E-state index contributed by atoms with van der Waals surface area (Å²) in [6.07, 6.45) is 1.73. The zero-order valence-electron chi connectivity index (χ0n) is 11.0. The van der Waals surface area contributed by atoms with Crippen molar-refractivity contribution in [2.45, 2.75) is 13.8 Å². The second-order valence-electron chi connectivity index (χ2n) is 3.46. The molecule has 0 amide bonds. The van der Waals surface area contributed by atoms with E-state index >= 15 is 0 Å². The third-order valence-corrected chi connectivity index (χ3v) is 3.93. The molecule has 18 heavy (non-hydrogen) atoms. The summed E-state index contributed by atoms with van der Waals surface area (Å²) in [6.45, 7) is 4.27.